The number of aliphatic hydroxyl groups excluding tert-OH is 1. The average molecular weight is 279 g/mol. The van der Waals surface area contributed by atoms with Crippen molar-refractivity contribution in [3.05, 3.63) is 23.8 Å². The monoisotopic (exact) mass is 279 g/mol. The van der Waals surface area contributed by atoms with Gasteiger partial charge in [-0.25, -0.2) is 0 Å². The predicted molar refractivity (Wildman–Crippen MR) is 79.4 cm³/mol. The molecular weight excluding hydrogens is 254 g/mol. The minimum atomic E-state index is -0.542. The van der Waals surface area contributed by atoms with Crippen molar-refractivity contribution in [2.45, 2.75) is 51.8 Å². The van der Waals surface area contributed by atoms with Gasteiger partial charge in [-0.2, -0.15) is 0 Å². The molecule has 0 saturated heterocycles. The molecule has 4 heteroatoms. The molecule has 2 N–H and O–H groups in total. The molecule has 0 bridgehead atoms. The molecule has 0 amide bonds. The number of ether oxygens (including phenoxy) is 2. The highest BCUT2D eigenvalue weighted by atomic mass is 16.5. The molecule has 2 rings (SSSR count). The van der Waals surface area contributed by atoms with E-state index in [1.807, 2.05) is 18.2 Å². The van der Waals surface area contributed by atoms with Crippen molar-refractivity contribution in [2.24, 2.45) is 0 Å². The second-order valence-electron chi connectivity index (χ2n) is 5.54. The largest absolute Gasteiger partial charge is 0.490 e. The molecule has 0 spiro atoms. The molecule has 1 aromatic carbocycles. The average Bonchev–Trinajstić information content (AvgIpc) is 2.68. The lowest BCUT2D eigenvalue weighted by Crippen LogP contribution is -2.38. The Morgan fingerprint density at radius 1 is 1.20 bits per heavy atom. The van der Waals surface area contributed by atoms with Crippen molar-refractivity contribution in [1.82, 2.24) is 5.32 Å². The van der Waals surface area contributed by atoms with Crippen LogP contribution in [0.15, 0.2) is 18.2 Å². The summed E-state index contributed by atoms with van der Waals surface area (Å²) < 4.78 is 11.3. The maximum atomic E-state index is 10.5. The van der Waals surface area contributed by atoms with E-state index in [9.17, 15) is 5.11 Å². The Balaban J connectivity index is 2.17. The zero-order valence-electron chi connectivity index (χ0n) is 12.6. The van der Waals surface area contributed by atoms with Crippen LogP contribution in [0.3, 0.4) is 0 Å². The minimum absolute atomic E-state index is 0.0414. The van der Waals surface area contributed by atoms with Crippen molar-refractivity contribution in [3.8, 4) is 11.5 Å². The van der Waals surface area contributed by atoms with Gasteiger partial charge in [-0.05, 0) is 24.1 Å². The summed E-state index contributed by atoms with van der Waals surface area (Å²) in [6.07, 6.45) is 1.21. The first-order valence-electron chi connectivity index (χ1n) is 7.45. The summed E-state index contributed by atoms with van der Waals surface area (Å²) in [5.74, 6) is 1.50. The second-order valence-corrected chi connectivity index (χ2v) is 5.54. The van der Waals surface area contributed by atoms with Crippen LogP contribution < -0.4 is 14.8 Å². The summed E-state index contributed by atoms with van der Waals surface area (Å²) in [4.78, 5) is 0. The number of rotatable bonds is 5. The van der Waals surface area contributed by atoms with Gasteiger partial charge in [-0.1, -0.05) is 26.8 Å². The molecule has 0 aromatic heterocycles. The van der Waals surface area contributed by atoms with Gasteiger partial charge in [0, 0.05) is 18.5 Å². The third kappa shape index (κ3) is 3.64. The molecule has 1 aliphatic rings. The molecular formula is C16H25NO3. The third-order valence-electron chi connectivity index (χ3n) is 3.48. The van der Waals surface area contributed by atoms with Crippen LogP contribution in [-0.2, 0) is 0 Å². The van der Waals surface area contributed by atoms with Gasteiger partial charge in [0.2, 0.25) is 0 Å². The maximum absolute atomic E-state index is 10.5. The van der Waals surface area contributed by atoms with Crippen LogP contribution in [-0.4, -0.2) is 30.4 Å². The molecule has 0 radical (unpaired) electrons. The first kappa shape index (κ1) is 15.1. The number of aliphatic hydroxyl groups is 1. The molecule has 2 atom stereocenters. The van der Waals surface area contributed by atoms with Gasteiger partial charge in [-0.15, -0.1) is 0 Å². The molecule has 1 aromatic rings. The van der Waals surface area contributed by atoms with E-state index in [-0.39, 0.29) is 6.04 Å². The SMILES string of the molecule is CCC(NC(C)C)C(O)c1ccc2c(c1)OCCCO2. The Labute approximate surface area is 121 Å². The fourth-order valence-electron chi connectivity index (χ4n) is 2.46. The Morgan fingerprint density at radius 2 is 1.90 bits per heavy atom. The van der Waals surface area contributed by atoms with Crippen LogP contribution in [0.5, 0.6) is 11.5 Å². The fourth-order valence-corrected chi connectivity index (χ4v) is 2.46. The predicted octanol–water partition coefficient (Wildman–Crippen LogP) is 2.66. The standard InChI is InChI=1S/C16H25NO3/c1-4-13(17-11(2)3)16(18)12-6-7-14-15(10-12)20-9-5-8-19-14/h6-7,10-11,13,16-18H,4-5,8-9H2,1-3H3. The number of hydrogen-bond acceptors (Lipinski definition) is 4. The van der Waals surface area contributed by atoms with Crippen molar-refractivity contribution in [2.75, 3.05) is 13.2 Å². The van der Waals surface area contributed by atoms with Crippen LogP contribution in [0, 0.1) is 0 Å². The molecule has 1 aliphatic heterocycles. The molecule has 2 unspecified atom stereocenters. The van der Waals surface area contributed by atoms with E-state index < -0.39 is 6.10 Å². The van der Waals surface area contributed by atoms with Crippen LogP contribution in [0.1, 0.15) is 45.3 Å². The van der Waals surface area contributed by atoms with Crippen LogP contribution >= 0.6 is 0 Å². The Morgan fingerprint density at radius 3 is 2.55 bits per heavy atom. The van der Waals surface area contributed by atoms with Gasteiger partial charge >= 0.3 is 0 Å². The highest BCUT2D eigenvalue weighted by Crippen LogP contribution is 2.33. The van der Waals surface area contributed by atoms with Gasteiger partial charge < -0.3 is 19.9 Å². The summed E-state index contributed by atoms with van der Waals surface area (Å²) >= 11 is 0. The molecule has 4 nitrogen and oxygen atoms in total. The van der Waals surface area contributed by atoms with E-state index in [1.165, 1.54) is 0 Å². The first-order chi connectivity index (χ1) is 9.61. The molecule has 0 saturated carbocycles. The molecule has 20 heavy (non-hydrogen) atoms. The maximum Gasteiger partial charge on any atom is 0.161 e. The van der Waals surface area contributed by atoms with Crippen molar-refractivity contribution in [3.63, 3.8) is 0 Å². The summed E-state index contributed by atoms with van der Waals surface area (Å²) in [5.41, 5.74) is 0.870. The molecule has 1 heterocycles. The van der Waals surface area contributed by atoms with Gasteiger partial charge in [-0.3, -0.25) is 0 Å². The Bertz CT molecular complexity index is 434. The van der Waals surface area contributed by atoms with E-state index in [0.717, 1.165) is 29.9 Å². The quantitative estimate of drug-likeness (QED) is 0.870. The van der Waals surface area contributed by atoms with Crippen LogP contribution in [0.2, 0.25) is 0 Å². The first-order valence-corrected chi connectivity index (χ1v) is 7.45. The van der Waals surface area contributed by atoms with E-state index >= 15 is 0 Å². The minimum Gasteiger partial charge on any atom is -0.490 e. The summed E-state index contributed by atoms with van der Waals surface area (Å²) in [6, 6.07) is 6.09. The van der Waals surface area contributed by atoms with Crippen LogP contribution in [0.4, 0.5) is 0 Å². The molecule has 0 aliphatic carbocycles. The van der Waals surface area contributed by atoms with Crippen molar-refractivity contribution < 1.29 is 14.6 Å². The lowest BCUT2D eigenvalue weighted by atomic mass is 9.99. The molecule has 112 valence electrons. The summed E-state index contributed by atoms with van der Waals surface area (Å²) in [7, 11) is 0. The molecule has 0 fully saturated rings. The highest BCUT2D eigenvalue weighted by molar-refractivity contribution is 5.44. The van der Waals surface area contributed by atoms with E-state index in [0.29, 0.717) is 19.3 Å². The van der Waals surface area contributed by atoms with E-state index in [1.54, 1.807) is 0 Å². The fraction of sp³-hybridized carbons (Fsp3) is 0.625. The summed E-state index contributed by atoms with van der Waals surface area (Å²) in [6.45, 7) is 7.59. The topological polar surface area (TPSA) is 50.7 Å². The Kier molecular flexibility index (Phi) is 5.26. The zero-order chi connectivity index (χ0) is 14.5. The zero-order valence-corrected chi connectivity index (χ0v) is 12.6. The van der Waals surface area contributed by atoms with Crippen molar-refractivity contribution in [1.29, 1.82) is 0 Å². The Hall–Kier alpha value is -1.26. The van der Waals surface area contributed by atoms with Gasteiger partial charge in [0.25, 0.3) is 0 Å². The lowest BCUT2D eigenvalue weighted by Gasteiger charge is -2.26. The van der Waals surface area contributed by atoms with Gasteiger partial charge in [0.1, 0.15) is 0 Å². The number of benzene rings is 1. The smallest absolute Gasteiger partial charge is 0.161 e. The van der Waals surface area contributed by atoms with Gasteiger partial charge in [0.15, 0.2) is 11.5 Å². The van der Waals surface area contributed by atoms with Crippen molar-refractivity contribution >= 4 is 0 Å². The number of hydrogen-bond donors (Lipinski definition) is 2. The number of nitrogens with one attached hydrogen (secondary N) is 1. The van der Waals surface area contributed by atoms with Gasteiger partial charge in [0.05, 0.1) is 19.3 Å². The van der Waals surface area contributed by atoms with Crippen LogP contribution in [0.25, 0.3) is 0 Å². The third-order valence-corrected chi connectivity index (χ3v) is 3.48. The van der Waals surface area contributed by atoms with E-state index in [4.69, 9.17) is 9.47 Å². The normalized spacial score (nSPS) is 17.6. The lowest BCUT2D eigenvalue weighted by molar-refractivity contribution is 0.121. The highest BCUT2D eigenvalue weighted by Gasteiger charge is 2.21. The van der Waals surface area contributed by atoms with E-state index in [2.05, 4.69) is 26.1 Å². The number of fused-ring (bicyclic) bond motifs is 1. The summed E-state index contributed by atoms with van der Waals surface area (Å²) in [5, 5.41) is 13.9. The second kappa shape index (κ2) is 6.95.